The molecule has 0 fully saturated rings. The Kier molecular flexibility index (Phi) is 5.51. The monoisotopic (exact) mass is 473 g/mol. The maximum Gasteiger partial charge on any atom is 0.273 e. The zero-order valence-corrected chi connectivity index (χ0v) is 19.5. The third-order valence-electron chi connectivity index (χ3n) is 6.13. The summed E-state index contributed by atoms with van der Waals surface area (Å²) in [5, 5.41) is 2.92. The minimum Gasteiger partial charge on any atom is -0.368 e. The smallest absolute Gasteiger partial charge is 0.273 e. The lowest BCUT2D eigenvalue weighted by Gasteiger charge is -2.24. The molecule has 0 saturated heterocycles. The summed E-state index contributed by atoms with van der Waals surface area (Å²) in [6.07, 6.45) is 4.00. The van der Waals surface area contributed by atoms with Crippen LogP contribution in [0.3, 0.4) is 0 Å². The number of nitrogens with two attached hydrogens (primary N) is 1. The summed E-state index contributed by atoms with van der Waals surface area (Å²) >= 11 is 6.27. The van der Waals surface area contributed by atoms with Crippen LogP contribution in [0.4, 0.5) is 5.69 Å². The first kappa shape index (κ1) is 22.0. The molecule has 7 nitrogen and oxygen atoms in total. The van der Waals surface area contributed by atoms with Gasteiger partial charge in [-0.15, -0.1) is 0 Å². The Hall–Kier alpha value is -3.81. The Morgan fingerprint density at radius 2 is 2.00 bits per heavy atom. The van der Waals surface area contributed by atoms with E-state index in [1.165, 1.54) is 5.01 Å². The second kappa shape index (κ2) is 8.52. The van der Waals surface area contributed by atoms with E-state index in [4.69, 9.17) is 17.3 Å². The van der Waals surface area contributed by atoms with Gasteiger partial charge >= 0.3 is 0 Å². The summed E-state index contributed by atoms with van der Waals surface area (Å²) < 4.78 is 0. The lowest BCUT2D eigenvalue weighted by molar-refractivity contribution is -0.120. The van der Waals surface area contributed by atoms with Crippen LogP contribution in [0.25, 0.3) is 22.6 Å². The molecule has 2 aromatic carbocycles. The first-order valence-corrected chi connectivity index (χ1v) is 11.3. The van der Waals surface area contributed by atoms with E-state index in [2.05, 4.69) is 15.4 Å². The number of aryl methyl sites for hydroxylation is 2. The van der Waals surface area contributed by atoms with Crippen LogP contribution < -0.4 is 16.2 Å². The molecule has 0 saturated carbocycles. The third-order valence-corrected chi connectivity index (χ3v) is 6.36. The molecule has 2 aromatic heterocycles. The summed E-state index contributed by atoms with van der Waals surface area (Å²) in [5.74, 6) is -0.837. The average molecular weight is 474 g/mol. The number of halogens is 1. The van der Waals surface area contributed by atoms with Crippen LogP contribution in [0, 0.1) is 13.8 Å². The number of benzene rings is 2. The van der Waals surface area contributed by atoms with Crippen LogP contribution in [0.15, 0.2) is 54.7 Å². The molecule has 0 unspecified atom stereocenters. The van der Waals surface area contributed by atoms with Gasteiger partial charge in [0, 0.05) is 45.5 Å². The molecule has 1 aliphatic rings. The van der Waals surface area contributed by atoms with Crippen LogP contribution in [0.2, 0.25) is 5.02 Å². The van der Waals surface area contributed by atoms with Crippen LogP contribution in [-0.2, 0) is 16.0 Å². The molecule has 5 N–H and O–H groups in total. The fourth-order valence-corrected chi connectivity index (χ4v) is 4.63. The largest absolute Gasteiger partial charge is 0.368 e. The van der Waals surface area contributed by atoms with Gasteiger partial charge in [-0.05, 0) is 61.4 Å². The van der Waals surface area contributed by atoms with Crippen LogP contribution in [-0.4, -0.2) is 27.8 Å². The van der Waals surface area contributed by atoms with Gasteiger partial charge in [-0.25, -0.2) is 10.4 Å². The number of hydrazine groups is 1. The quantitative estimate of drug-likeness (QED) is 0.314. The number of nitrogens with one attached hydrogen (secondary N) is 3. The summed E-state index contributed by atoms with van der Waals surface area (Å²) in [6.45, 7) is 3.95. The van der Waals surface area contributed by atoms with Crippen molar-refractivity contribution in [2.24, 2.45) is 5.73 Å². The van der Waals surface area contributed by atoms with Crippen molar-refractivity contribution in [3.05, 3.63) is 87.8 Å². The number of rotatable bonds is 6. The molecule has 0 bridgehead atoms. The number of primary amides is 1. The van der Waals surface area contributed by atoms with Crippen LogP contribution >= 0.6 is 11.6 Å². The van der Waals surface area contributed by atoms with E-state index in [1.54, 1.807) is 18.2 Å². The zero-order valence-electron chi connectivity index (χ0n) is 18.8. The second-order valence-electron chi connectivity index (χ2n) is 8.56. The van der Waals surface area contributed by atoms with E-state index in [0.717, 1.165) is 33.4 Å². The van der Waals surface area contributed by atoms with E-state index >= 15 is 0 Å². The molecular weight excluding hydrogens is 450 g/mol. The predicted octanol–water partition coefficient (Wildman–Crippen LogP) is 4.25. The van der Waals surface area contributed by atoms with Gasteiger partial charge in [0.25, 0.3) is 5.91 Å². The highest BCUT2D eigenvalue weighted by Crippen LogP contribution is 2.39. The van der Waals surface area contributed by atoms with Crippen molar-refractivity contribution in [2.75, 3.05) is 5.01 Å². The molecule has 0 radical (unpaired) electrons. The molecule has 2 amide bonds. The summed E-state index contributed by atoms with van der Waals surface area (Å²) in [4.78, 5) is 32.5. The van der Waals surface area contributed by atoms with Gasteiger partial charge in [0.15, 0.2) is 0 Å². The third kappa shape index (κ3) is 3.89. The number of nitrogens with zero attached hydrogens (tertiary/aromatic N) is 1. The molecule has 1 atom stereocenters. The number of aromatic amines is 2. The minimum atomic E-state index is -0.805. The number of H-pyrrole nitrogens is 2. The first-order valence-electron chi connectivity index (χ1n) is 10.9. The minimum absolute atomic E-state index is 0.283. The van der Waals surface area contributed by atoms with Gasteiger partial charge in [-0.1, -0.05) is 29.8 Å². The number of amides is 2. The lowest BCUT2D eigenvalue weighted by Crippen LogP contribution is -2.53. The fraction of sp³-hybridized carbons (Fsp3) is 0.154. The number of aromatic nitrogens is 2. The van der Waals surface area contributed by atoms with Gasteiger partial charge in [0.2, 0.25) is 5.91 Å². The highest BCUT2D eigenvalue weighted by atomic mass is 35.5. The van der Waals surface area contributed by atoms with Crippen LogP contribution in [0.1, 0.15) is 28.1 Å². The molecule has 0 spiro atoms. The summed E-state index contributed by atoms with van der Waals surface area (Å²) in [5.41, 5.74) is 15.4. The fourth-order valence-electron chi connectivity index (χ4n) is 4.46. The van der Waals surface area contributed by atoms with Crippen LogP contribution in [0.5, 0.6) is 0 Å². The van der Waals surface area contributed by atoms with Gasteiger partial charge in [-0.2, -0.15) is 0 Å². The molecule has 172 valence electrons. The maximum absolute atomic E-state index is 13.5. The number of para-hydroxylation sites is 1. The molecule has 3 heterocycles. The van der Waals surface area contributed by atoms with Crippen molar-refractivity contribution in [2.45, 2.75) is 26.3 Å². The van der Waals surface area contributed by atoms with Crippen molar-refractivity contribution in [1.82, 2.24) is 15.4 Å². The van der Waals surface area contributed by atoms with E-state index in [9.17, 15) is 9.59 Å². The van der Waals surface area contributed by atoms with Gasteiger partial charge in [0.05, 0.1) is 11.3 Å². The van der Waals surface area contributed by atoms with E-state index in [0.29, 0.717) is 28.3 Å². The molecule has 8 heteroatoms. The molecule has 1 aliphatic heterocycles. The normalized spacial score (nSPS) is 15.3. The number of hydrogen-bond donors (Lipinski definition) is 4. The Morgan fingerprint density at radius 1 is 1.21 bits per heavy atom. The Labute approximate surface area is 201 Å². The first-order chi connectivity index (χ1) is 16.3. The van der Waals surface area contributed by atoms with Gasteiger partial charge in [-0.3, -0.25) is 9.59 Å². The van der Waals surface area contributed by atoms with Gasteiger partial charge in [0.1, 0.15) is 6.04 Å². The van der Waals surface area contributed by atoms with E-state index < -0.39 is 11.9 Å². The predicted molar refractivity (Wildman–Crippen MR) is 135 cm³/mol. The zero-order chi connectivity index (χ0) is 24.0. The second-order valence-corrected chi connectivity index (χ2v) is 8.99. The lowest BCUT2D eigenvalue weighted by atomic mass is 10.1. The van der Waals surface area contributed by atoms with Crippen molar-refractivity contribution < 1.29 is 9.59 Å². The topological polar surface area (TPSA) is 107 Å². The van der Waals surface area contributed by atoms with E-state index in [1.807, 2.05) is 56.5 Å². The molecule has 4 aromatic rings. The molecule has 0 aliphatic carbocycles. The SMILES string of the molecule is Cc1cc(C)c(/C=C2\C(=O)N(N[C@@H](Cc3c[nH]c4ccccc34)C(N)=O)c3ccc(Cl)cc32)[nH]1. The van der Waals surface area contributed by atoms with E-state index in [-0.39, 0.29) is 5.91 Å². The highest BCUT2D eigenvalue weighted by molar-refractivity contribution is 6.37. The molecule has 34 heavy (non-hydrogen) atoms. The standard InChI is InChI=1S/C26H24ClN5O2/c1-14-9-15(2)30-22(14)12-20-19-11-17(27)7-8-24(19)32(26(20)34)31-23(25(28)33)10-16-13-29-21-6-4-3-5-18(16)21/h3-9,11-13,23,29-31H,10H2,1-2H3,(H2,28,33)/b20-12-/t23-/m0/s1. The highest BCUT2D eigenvalue weighted by Gasteiger charge is 2.35. The van der Waals surface area contributed by atoms with Crippen molar-refractivity contribution in [1.29, 1.82) is 0 Å². The Bertz CT molecular complexity index is 1470. The van der Waals surface area contributed by atoms with Crippen molar-refractivity contribution in [3.8, 4) is 0 Å². The number of anilines is 1. The molecular formula is C26H24ClN5O2. The Balaban J connectivity index is 1.50. The average Bonchev–Trinajstić information content (AvgIpc) is 3.43. The summed E-state index contributed by atoms with van der Waals surface area (Å²) in [7, 11) is 0. The van der Waals surface area contributed by atoms with Gasteiger partial charge < -0.3 is 15.7 Å². The number of hydrogen-bond acceptors (Lipinski definition) is 3. The van der Waals surface area contributed by atoms with Crippen molar-refractivity contribution >= 4 is 51.7 Å². The van der Waals surface area contributed by atoms with Crippen molar-refractivity contribution in [3.63, 3.8) is 0 Å². The maximum atomic E-state index is 13.5. The Morgan fingerprint density at radius 3 is 2.74 bits per heavy atom. The number of carbonyl (C=O) groups is 2. The number of fused-ring (bicyclic) bond motifs is 2. The summed E-state index contributed by atoms with van der Waals surface area (Å²) in [6, 6.07) is 14.3. The number of carbonyl (C=O) groups excluding carboxylic acids is 2. The molecule has 5 rings (SSSR count).